The lowest BCUT2D eigenvalue weighted by Crippen LogP contribution is -2.49. The number of nitrogens with one attached hydrogen (secondary N) is 1. The molecule has 0 spiro atoms. The van der Waals surface area contributed by atoms with Crippen LogP contribution in [-0.2, 0) is 4.74 Å². The van der Waals surface area contributed by atoms with Crippen LogP contribution in [0.4, 0.5) is 4.79 Å². The van der Waals surface area contributed by atoms with Crippen LogP contribution in [0.1, 0.15) is 27.7 Å². The number of aliphatic hydroxyl groups excluding tert-OH is 1. The normalized spacial score (nSPS) is 13.1. The van der Waals surface area contributed by atoms with Crippen molar-refractivity contribution in [3.63, 3.8) is 0 Å². The molecule has 2 N–H and O–H groups in total. The van der Waals surface area contributed by atoms with Gasteiger partial charge >= 0.3 is 6.09 Å². The Hall–Kier alpha value is -0.810. The van der Waals surface area contributed by atoms with Gasteiger partial charge in [-0.2, -0.15) is 0 Å². The molecule has 5 nitrogen and oxygen atoms in total. The van der Waals surface area contributed by atoms with Gasteiger partial charge in [-0.3, -0.25) is 10.2 Å². The number of amides is 1. The van der Waals surface area contributed by atoms with E-state index < -0.39 is 12.4 Å². The average molecular weight is 204 g/mol. The fourth-order valence-corrected chi connectivity index (χ4v) is 0.795. The van der Waals surface area contributed by atoms with E-state index in [1.54, 1.807) is 13.8 Å². The molecular formula is C9H20N2O3. The molecule has 0 aromatic carbocycles. The monoisotopic (exact) mass is 204 g/mol. The topological polar surface area (TPSA) is 61.8 Å². The fourth-order valence-electron chi connectivity index (χ4n) is 0.795. The van der Waals surface area contributed by atoms with Crippen molar-refractivity contribution in [2.75, 3.05) is 7.05 Å². The number of nitrogens with zero attached hydrogens (tertiary/aromatic N) is 1. The molecule has 14 heavy (non-hydrogen) atoms. The van der Waals surface area contributed by atoms with Gasteiger partial charge in [-0.1, -0.05) is 0 Å². The third-order valence-electron chi connectivity index (χ3n) is 1.47. The molecule has 0 aliphatic carbocycles. The van der Waals surface area contributed by atoms with Crippen molar-refractivity contribution in [1.29, 1.82) is 0 Å². The Morgan fingerprint density at radius 3 is 2.21 bits per heavy atom. The van der Waals surface area contributed by atoms with Crippen molar-refractivity contribution in [2.45, 2.75) is 46.2 Å². The van der Waals surface area contributed by atoms with E-state index in [4.69, 9.17) is 4.74 Å². The summed E-state index contributed by atoms with van der Waals surface area (Å²) in [6, 6.07) is 0.0966. The molecular weight excluding hydrogens is 184 g/mol. The van der Waals surface area contributed by atoms with E-state index in [-0.39, 0.29) is 12.1 Å². The fraction of sp³-hybridized carbons (Fsp3) is 0.889. The van der Waals surface area contributed by atoms with E-state index in [2.05, 4.69) is 5.32 Å². The van der Waals surface area contributed by atoms with E-state index in [1.807, 2.05) is 13.8 Å². The van der Waals surface area contributed by atoms with E-state index >= 15 is 0 Å². The zero-order valence-electron chi connectivity index (χ0n) is 9.44. The number of carbonyl (C=O) groups is 1. The molecule has 5 heteroatoms. The molecule has 0 saturated heterocycles. The molecule has 1 unspecified atom stereocenters. The second-order valence-corrected chi connectivity index (χ2v) is 3.74. The molecule has 0 aromatic rings. The van der Waals surface area contributed by atoms with E-state index in [9.17, 15) is 9.90 Å². The minimum Gasteiger partial charge on any atom is -0.447 e. The van der Waals surface area contributed by atoms with Gasteiger partial charge in [-0.25, -0.2) is 4.79 Å². The highest BCUT2D eigenvalue weighted by Crippen LogP contribution is 1.98. The maximum absolute atomic E-state index is 11.3. The van der Waals surface area contributed by atoms with Crippen LogP contribution in [0.15, 0.2) is 0 Å². The SMILES string of the molecule is CC(C)NC(O)N(C)C(=O)OC(C)C. The van der Waals surface area contributed by atoms with Crippen molar-refractivity contribution < 1.29 is 14.6 Å². The van der Waals surface area contributed by atoms with E-state index in [1.165, 1.54) is 7.05 Å². The Balaban J connectivity index is 4.03. The van der Waals surface area contributed by atoms with Crippen molar-refractivity contribution in [1.82, 2.24) is 10.2 Å². The van der Waals surface area contributed by atoms with Gasteiger partial charge in [0.05, 0.1) is 6.10 Å². The second kappa shape index (κ2) is 5.82. The van der Waals surface area contributed by atoms with Gasteiger partial charge in [-0.05, 0) is 27.7 Å². The van der Waals surface area contributed by atoms with Gasteiger partial charge in [0.1, 0.15) is 0 Å². The van der Waals surface area contributed by atoms with Crippen LogP contribution in [0.3, 0.4) is 0 Å². The predicted molar refractivity (Wildman–Crippen MR) is 53.7 cm³/mol. The highest BCUT2D eigenvalue weighted by atomic mass is 16.6. The highest BCUT2D eigenvalue weighted by Gasteiger charge is 2.19. The van der Waals surface area contributed by atoms with Crippen molar-refractivity contribution in [3.05, 3.63) is 0 Å². The lowest BCUT2D eigenvalue weighted by Gasteiger charge is -2.26. The van der Waals surface area contributed by atoms with Crippen LogP contribution < -0.4 is 5.32 Å². The maximum atomic E-state index is 11.3. The van der Waals surface area contributed by atoms with Gasteiger partial charge in [-0.15, -0.1) is 0 Å². The molecule has 84 valence electrons. The summed E-state index contributed by atoms with van der Waals surface area (Å²) in [7, 11) is 1.48. The van der Waals surface area contributed by atoms with Crippen LogP contribution in [0.5, 0.6) is 0 Å². The molecule has 0 heterocycles. The maximum Gasteiger partial charge on any atom is 0.412 e. The Morgan fingerprint density at radius 1 is 1.36 bits per heavy atom. The molecule has 0 bridgehead atoms. The molecule has 0 aromatic heterocycles. The standard InChI is InChI=1S/C9H20N2O3/c1-6(2)10-8(12)11(5)9(13)14-7(3)4/h6-8,10,12H,1-5H3. The quantitative estimate of drug-likeness (QED) is 0.663. The van der Waals surface area contributed by atoms with Crippen LogP contribution in [-0.4, -0.2) is 41.6 Å². The summed E-state index contributed by atoms with van der Waals surface area (Å²) in [5.74, 6) is 0. The van der Waals surface area contributed by atoms with E-state index in [0.717, 1.165) is 4.90 Å². The zero-order chi connectivity index (χ0) is 11.3. The smallest absolute Gasteiger partial charge is 0.412 e. The number of ether oxygens (including phenoxy) is 1. The van der Waals surface area contributed by atoms with Gasteiger partial charge in [0.25, 0.3) is 0 Å². The van der Waals surface area contributed by atoms with Crippen LogP contribution in [0, 0.1) is 0 Å². The van der Waals surface area contributed by atoms with Crippen LogP contribution >= 0.6 is 0 Å². The van der Waals surface area contributed by atoms with Gasteiger partial charge in [0.2, 0.25) is 0 Å². The Bertz CT molecular complexity index is 183. The molecule has 0 aliphatic rings. The molecule has 0 aliphatic heterocycles. The number of hydrogen-bond donors (Lipinski definition) is 2. The first kappa shape index (κ1) is 13.2. The number of rotatable bonds is 4. The third-order valence-corrected chi connectivity index (χ3v) is 1.47. The molecule has 0 rings (SSSR count). The Kier molecular flexibility index (Phi) is 5.49. The molecule has 0 saturated carbocycles. The number of hydrogen-bond acceptors (Lipinski definition) is 4. The summed E-state index contributed by atoms with van der Waals surface area (Å²) >= 11 is 0. The zero-order valence-corrected chi connectivity index (χ0v) is 9.44. The number of carbonyl (C=O) groups excluding carboxylic acids is 1. The summed E-state index contributed by atoms with van der Waals surface area (Å²) in [6.45, 7) is 7.28. The van der Waals surface area contributed by atoms with Crippen molar-refractivity contribution >= 4 is 6.09 Å². The largest absolute Gasteiger partial charge is 0.447 e. The Labute approximate surface area is 85.0 Å². The molecule has 1 atom stereocenters. The minimum atomic E-state index is -1.01. The predicted octanol–water partition coefficient (Wildman–Crippen LogP) is 0.737. The first-order valence-corrected chi connectivity index (χ1v) is 4.72. The van der Waals surface area contributed by atoms with Gasteiger partial charge in [0.15, 0.2) is 6.35 Å². The molecule has 0 radical (unpaired) electrons. The van der Waals surface area contributed by atoms with Crippen LogP contribution in [0.2, 0.25) is 0 Å². The minimum absolute atomic E-state index is 0.0966. The Morgan fingerprint density at radius 2 is 1.86 bits per heavy atom. The molecule has 1 amide bonds. The summed E-state index contributed by atoms with van der Waals surface area (Å²) in [6.07, 6.45) is -1.74. The lowest BCUT2D eigenvalue weighted by atomic mass is 10.4. The molecule has 0 fully saturated rings. The first-order valence-electron chi connectivity index (χ1n) is 4.72. The summed E-state index contributed by atoms with van der Waals surface area (Å²) in [5.41, 5.74) is 0. The van der Waals surface area contributed by atoms with Gasteiger partial charge in [0, 0.05) is 13.1 Å². The summed E-state index contributed by atoms with van der Waals surface area (Å²) < 4.78 is 4.90. The summed E-state index contributed by atoms with van der Waals surface area (Å²) in [5, 5.41) is 12.3. The lowest BCUT2D eigenvalue weighted by molar-refractivity contribution is -0.0186. The number of aliphatic hydroxyl groups is 1. The third kappa shape index (κ3) is 5.04. The van der Waals surface area contributed by atoms with Crippen LogP contribution in [0.25, 0.3) is 0 Å². The van der Waals surface area contributed by atoms with Gasteiger partial charge < -0.3 is 9.84 Å². The highest BCUT2D eigenvalue weighted by molar-refractivity contribution is 5.67. The van der Waals surface area contributed by atoms with Crippen molar-refractivity contribution in [2.24, 2.45) is 0 Å². The average Bonchev–Trinajstić information content (AvgIpc) is 2.00. The second-order valence-electron chi connectivity index (χ2n) is 3.74. The van der Waals surface area contributed by atoms with E-state index in [0.29, 0.717) is 0 Å². The first-order chi connectivity index (χ1) is 6.34. The summed E-state index contributed by atoms with van der Waals surface area (Å²) in [4.78, 5) is 12.4. The van der Waals surface area contributed by atoms with Crippen molar-refractivity contribution in [3.8, 4) is 0 Å².